The molecule has 0 saturated carbocycles. The second kappa shape index (κ2) is 9.75. The molecule has 0 aliphatic rings. The van der Waals surface area contributed by atoms with E-state index in [-0.39, 0.29) is 12.3 Å². The molecule has 0 radical (unpaired) electrons. The molecular formula is C21H18N2O6. The number of para-hydroxylation sites is 3. The number of esters is 1. The lowest BCUT2D eigenvalue weighted by Crippen LogP contribution is -2.32. The molecule has 148 valence electrons. The van der Waals surface area contributed by atoms with Crippen LogP contribution in [0.2, 0.25) is 0 Å². The van der Waals surface area contributed by atoms with Crippen molar-refractivity contribution < 1.29 is 28.3 Å². The highest BCUT2D eigenvalue weighted by molar-refractivity contribution is 5.95. The fraction of sp³-hybridized carbons (Fsp3) is 0.0952. The van der Waals surface area contributed by atoms with Gasteiger partial charge in [-0.1, -0.05) is 30.3 Å². The Kier molecular flexibility index (Phi) is 6.62. The van der Waals surface area contributed by atoms with Crippen LogP contribution < -0.4 is 15.4 Å². The van der Waals surface area contributed by atoms with Crippen LogP contribution in [0.25, 0.3) is 0 Å². The fourth-order valence-corrected chi connectivity index (χ4v) is 2.31. The summed E-state index contributed by atoms with van der Waals surface area (Å²) in [7, 11) is 0. The molecule has 3 aromatic rings. The van der Waals surface area contributed by atoms with Crippen molar-refractivity contribution >= 4 is 23.5 Å². The minimum atomic E-state index is -0.756. The molecule has 2 amide bonds. The summed E-state index contributed by atoms with van der Waals surface area (Å²) in [5.41, 5.74) is 0.434. The molecule has 0 bridgehead atoms. The minimum absolute atomic E-state index is 0.0746. The normalized spacial score (nSPS) is 10.1. The molecule has 0 aliphatic heterocycles. The molecule has 8 heteroatoms. The van der Waals surface area contributed by atoms with Crippen LogP contribution in [0.4, 0.5) is 5.69 Å². The predicted octanol–water partition coefficient (Wildman–Crippen LogP) is 2.98. The third-order valence-electron chi connectivity index (χ3n) is 3.63. The summed E-state index contributed by atoms with van der Waals surface area (Å²) < 4.78 is 15.5. The van der Waals surface area contributed by atoms with Crippen LogP contribution in [0.15, 0.2) is 77.4 Å². The third-order valence-corrected chi connectivity index (χ3v) is 3.63. The summed E-state index contributed by atoms with van der Waals surface area (Å²) in [5, 5.41) is 4.97. The number of ether oxygens (including phenoxy) is 2. The van der Waals surface area contributed by atoms with E-state index in [4.69, 9.17) is 13.9 Å². The van der Waals surface area contributed by atoms with Crippen LogP contribution in [0.3, 0.4) is 0 Å². The van der Waals surface area contributed by atoms with Crippen molar-refractivity contribution in [2.75, 3.05) is 18.5 Å². The van der Waals surface area contributed by atoms with E-state index in [0.29, 0.717) is 17.2 Å². The highest BCUT2D eigenvalue weighted by atomic mass is 16.5. The van der Waals surface area contributed by atoms with Gasteiger partial charge in [-0.25, -0.2) is 0 Å². The molecule has 8 nitrogen and oxygen atoms in total. The zero-order valence-corrected chi connectivity index (χ0v) is 15.3. The first-order valence-electron chi connectivity index (χ1n) is 8.71. The zero-order chi connectivity index (χ0) is 20.5. The molecule has 1 aromatic heterocycles. The highest BCUT2D eigenvalue weighted by Crippen LogP contribution is 2.28. The summed E-state index contributed by atoms with van der Waals surface area (Å²) in [6.45, 7) is -0.893. The summed E-state index contributed by atoms with van der Waals surface area (Å²) in [5.74, 6) is -0.709. The second-order valence-corrected chi connectivity index (χ2v) is 5.78. The molecule has 1 heterocycles. The summed E-state index contributed by atoms with van der Waals surface area (Å²) >= 11 is 0. The largest absolute Gasteiger partial charge is 0.459 e. The number of carbonyl (C=O) groups excluding carboxylic acids is 3. The predicted molar refractivity (Wildman–Crippen MR) is 104 cm³/mol. The lowest BCUT2D eigenvalue weighted by Gasteiger charge is -2.12. The van der Waals surface area contributed by atoms with Crippen molar-refractivity contribution in [2.45, 2.75) is 0 Å². The van der Waals surface area contributed by atoms with Gasteiger partial charge in [0.1, 0.15) is 12.3 Å². The molecule has 2 aromatic carbocycles. The van der Waals surface area contributed by atoms with Gasteiger partial charge in [0, 0.05) is 0 Å². The van der Waals surface area contributed by atoms with Crippen molar-refractivity contribution in [2.24, 2.45) is 0 Å². The molecule has 29 heavy (non-hydrogen) atoms. The quantitative estimate of drug-likeness (QED) is 0.569. The number of furan rings is 1. The first kappa shape index (κ1) is 19.7. The summed E-state index contributed by atoms with van der Waals surface area (Å²) in [6.07, 6.45) is 1.34. The van der Waals surface area contributed by atoms with Crippen molar-refractivity contribution in [3.8, 4) is 11.5 Å². The minimum Gasteiger partial charge on any atom is -0.459 e. The van der Waals surface area contributed by atoms with E-state index in [1.165, 1.54) is 12.3 Å². The fourth-order valence-electron chi connectivity index (χ4n) is 2.31. The molecule has 0 saturated heterocycles. The van der Waals surface area contributed by atoms with Crippen LogP contribution in [-0.2, 0) is 14.3 Å². The number of carbonyl (C=O) groups is 3. The molecule has 0 fully saturated rings. The average Bonchev–Trinajstić information content (AvgIpc) is 3.28. The van der Waals surface area contributed by atoms with E-state index < -0.39 is 24.4 Å². The van der Waals surface area contributed by atoms with Gasteiger partial charge in [-0.15, -0.1) is 0 Å². The van der Waals surface area contributed by atoms with E-state index in [1.807, 2.05) is 18.2 Å². The maximum Gasteiger partial charge on any atom is 0.325 e. The standard InChI is InChI=1S/C21H18N2O6/c24-19(14-28-20(25)13-22-21(26)18-11-6-12-27-18)23-16-9-4-5-10-17(16)29-15-7-2-1-3-8-15/h1-12H,13-14H2,(H,22,26)(H,23,24). The lowest BCUT2D eigenvalue weighted by molar-refractivity contribution is -0.146. The highest BCUT2D eigenvalue weighted by Gasteiger charge is 2.13. The number of rotatable bonds is 8. The summed E-state index contributed by atoms with van der Waals surface area (Å²) in [4.78, 5) is 35.5. The van der Waals surface area contributed by atoms with E-state index in [0.717, 1.165) is 0 Å². The summed E-state index contributed by atoms with van der Waals surface area (Å²) in [6, 6.07) is 19.0. The molecule has 0 atom stereocenters. The lowest BCUT2D eigenvalue weighted by atomic mass is 10.3. The Balaban J connectivity index is 1.47. The molecule has 0 aliphatic carbocycles. The Morgan fingerprint density at radius 2 is 1.66 bits per heavy atom. The van der Waals surface area contributed by atoms with Gasteiger partial charge in [0.05, 0.1) is 12.0 Å². The van der Waals surface area contributed by atoms with Crippen molar-refractivity contribution in [1.29, 1.82) is 0 Å². The van der Waals surface area contributed by atoms with Gasteiger partial charge in [-0.3, -0.25) is 14.4 Å². The third kappa shape index (κ3) is 5.96. The first-order chi connectivity index (χ1) is 14.1. The topological polar surface area (TPSA) is 107 Å². The first-order valence-corrected chi connectivity index (χ1v) is 8.71. The number of hydrogen-bond donors (Lipinski definition) is 2. The van der Waals surface area contributed by atoms with Crippen molar-refractivity contribution in [3.05, 3.63) is 78.8 Å². The SMILES string of the molecule is O=C(COC(=O)CNC(=O)c1ccco1)Nc1ccccc1Oc1ccccc1. The monoisotopic (exact) mass is 394 g/mol. The Morgan fingerprint density at radius 3 is 2.41 bits per heavy atom. The van der Waals surface area contributed by atoms with Crippen LogP contribution in [-0.4, -0.2) is 30.9 Å². The maximum absolute atomic E-state index is 12.1. The van der Waals surface area contributed by atoms with Gasteiger partial charge >= 0.3 is 5.97 Å². The molecule has 3 rings (SSSR count). The van der Waals surface area contributed by atoms with Crippen LogP contribution in [0.5, 0.6) is 11.5 Å². The molecule has 0 unspecified atom stereocenters. The zero-order valence-electron chi connectivity index (χ0n) is 15.3. The van der Waals surface area contributed by atoms with Gasteiger partial charge in [0.25, 0.3) is 11.8 Å². The molecule has 2 N–H and O–H groups in total. The van der Waals surface area contributed by atoms with Gasteiger partial charge in [0.15, 0.2) is 18.1 Å². The van der Waals surface area contributed by atoms with E-state index >= 15 is 0 Å². The number of hydrogen-bond acceptors (Lipinski definition) is 6. The number of nitrogens with one attached hydrogen (secondary N) is 2. The number of benzene rings is 2. The Hall–Kier alpha value is -4.07. The van der Waals surface area contributed by atoms with Gasteiger partial charge in [-0.2, -0.15) is 0 Å². The molecule has 0 spiro atoms. The smallest absolute Gasteiger partial charge is 0.325 e. The Labute approximate surface area is 166 Å². The maximum atomic E-state index is 12.1. The van der Waals surface area contributed by atoms with Gasteiger partial charge in [0.2, 0.25) is 0 Å². The van der Waals surface area contributed by atoms with Crippen LogP contribution in [0, 0.1) is 0 Å². The average molecular weight is 394 g/mol. The van der Waals surface area contributed by atoms with Crippen molar-refractivity contribution in [1.82, 2.24) is 5.32 Å². The van der Waals surface area contributed by atoms with Crippen molar-refractivity contribution in [3.63, 3.8) is 0 Å². The second-order valence-electron chi connectivity index (χ2n) is 5.78. The van der Waals surface area contributed by atoms with Gasteiger partial charge in [-0.05, 0) is 36.4 Å². The van der Waals surface area contributed by atoms with E-state index in [2.05, 4.69) is 10.6 Å². The number of amides is 2. The Bertz CT molecular complexity index is 970. The molecular weight excluding hydrogens is 376 g/mol. The van der Waals surface area contributed by atoms with E-state index in [1.54, 1.807) is 42.5 Å². The van der Waals surface area contributed by atoms with E-state index in [9.17, 15) is 14.4 Å². The van der Waals surface area contributed by atoms with Crippen LogP contribution in [0.1, 0.15) is 10.6 Å². The number of anilines is 1. The Morgan fingerprint density at radius 1 is 0.897 bits per heavy atom. The van der Waals surface area contributed by atoms with Gasteiger partial charge < -0.3 is 24.5 Å². The van der Waals surface area contributed by atoms with Crippen LogP contribution >= 0.6 is 0 Å².